The molecule has 12 heteroatoms. The molecule has 0 aliphatic carbocycles. The smallest absolute Gasteiger partial charge is 0.410 e. The highest BCUT2D eigenvalue weighted by atomic mass is 19.4. The molecular weight excluding hydrogens is 453 g/mol. The van der Waals surface area contributed by atoms with Gasteiger partial charge in [-0.05, 0) is 24.6 Å². The predicted molar refractivity (Wildman–Crippen MR) is 117 cm³/mol. The molecule has 4 rings (SSSR count). The Balaban J connectivity index is 1.60. The number of nitrogens with one attached hydrogen (secondary N) is 2. The van der Waals surface area contributed by atoms with Crippen LogP contribution in [0.25, 0.3) is 0 Å². The normalized spacial score (nSPS) is 17.6. The third-order valence-electron chi connectivity index (χ3n) is 5.79. The quantitative estimate of drug-likeness (QED) is 0.563. The van der Waals surface area contributed by atoms with Crippen LogP contribution in [0.1, 0.15) is 45.8 Å². The third-order valence-corrected chi connectivity index (χ3v) is 5.79. The number of carbonyl (C=O) groups is 1. The predicted octanol–water partition coefficient (Wildman–Crippen LogP) is 3.53. The van der Waals surface area contributed by atoms with E-state index in [2.05, 4.69) is 20.8 Å². The van der Waals surface area contributed by atoms with Gasteiger partial charge < -0.3 is 20.1 Å². The van der Waals surface area contributed by atoms with Crippen molar-refractivity contribution in [2.75, 3.05) is 19.5 Å². The van der Waals surface area contributed by atoms with Crippen LogP contribution >= 0.6 is 0 Å². The topological polar surface area (TPSA) is 95.2 Å². The lowest BCUT2D eigenvalue weighted by molar-refractivity contribution is -0.173. The fourth-order valence-electron chi connectivity index (χ4n) is 4.06. The molecule has 0 radical (unpaired) electrons. The second kappa shape index (κ2) is 8.92. The van der Waals surface area contributed by atoms with Gasteiger partial charge in [0.2, 0.25) is 0 Å². The molecule has 0 saturated heterocycles. The van der Waals surface area contributed by atoms with E-state index in [1.165, 1.54) is 20.3 Å². The van der Waals surface area contributed by atoms with Crippen LogP contribution in [-0.2, 0) is 13.6 Å². The maximum Gasteiger partial charge on any atom is 0.410 e. The summed E-state index contributed by atoms with van der Waals surface area (Å²) in [6.07, 6.45) is -3.09. The summed E-state index contributed by atoms with van der Waals surface area (Å²) in [5.41, 5.74) is 2.05. The SMILES string of the molecule is COc1ccc(C2CC(C(F)(F)F)n3nc(C(=O)NCc4cn(C)nc4C)cc3N2)cc1OC. The minimum atomic E-state index is -4.56. The minimum Gasteiger partial charge on any atom is -0.493 e. The Labute approximate surface area is 193 Å². The molecule has 3 heterocycles. The molecule has 0 spiro atoms. The molecule has 2 aromatic heterocycles. The number of methoxy groups -OCH3 is 2. The summed E-state index contributed by atoms with van der Waals surface area (Å²) in [7, 11) is 4.71. The number of amides is 1. The highest BCUT2D eigenvalue weighted by Gasteiger charge is 2.47. The molecule has 2 N–H and O–H groups in total. The summed E-state index contributed by atoms with van der Waals surface area (Å²) in [5, 5.41) is 14.0. The van der Waals surface area contributed by atoms with E-state index in [0.717, 1.165) is 15.9 Å². The molecule has 2 atom stereocenters. The Kier molecular flexibility index (Phi) is 6.15. The first-order chi connectivity index (χ1) is 16.1. The van der Waals surface area contributed by atoms with Crippen LogP contribution < -0.4 is 20.1 Å². The Hall–Kier alpha value is -3.70. The zero-order valence-corrected chi connectivity index (χ0v) is 19.1. The second-order valence-corrected chi connectivity index (χ2v) is 8.06. The molecule has 3 aromatic rings. The number of carbonyl (C=O) groups excluding carboxylic acids is 1. The number of anilines is 1. The first kappa shape index (κ1) is 23.5. The number of halogens is 3. The summed E-state index contributed by atoms with van der Waals surface area (Å²) >= 11 is 0. The molecule has 1 amide bonds. The van der Waals surface area contributed by atoms with E-state index in [-0.39, 0.29) is 24.5 Å². The van der Waals surface area contributed by atoms with Crippen molar-refractivity contribution < 1.29 is 27.4 Å². The maximum atomic E-state index is 14.0. The van der Waals surface area contributed by atoms with Crippen LogP contribution in [-0.4, -0.2) is 45.9 Å². The van der Waals surface area contributed by atoms with Crippen molar-refractivity contribution in [3.63, 3.8) is 0 Å². The van der Waals surface area contributed by atoms with Gasteiger partial charge in [0.15, 0.2) is 23.2 Å². The zero-order chi connectivity index (χ0) is 24.6. The first-order valence-electron chi connectivity index (χ1n) is 10.5. The van der Waals surface area contributed by atoms with E-state index < -0.39 is 24.2 Å². The van der Waals surface area contributed by atoms with Crippen molar-refractivity contribution in [2.45, 2.75) is 38.1 Å². The average molecular weight is 478 g/mol. The number of ether oxygens (including phenoxy) is 2. The largest absolute Gasteiger partial charge is 0.493 e. The molecule has 34 heavy (non-hydrogen) atoms. The van der Waals surface area contributed by atoms with Crippen molar-refractivity contribution >= 4 is 11.7 Å². The molecule has 0 fully saturated rings. The summed E-state index contributed by atoms with van der Waals surface area (Å²) in [6, 6.07) is 3.72. The Morgan fingerprint density at radius 2 is 1.94 bits per heavy atom. The number of nitrogens with zero attached hydrogens (tertiary/aromatic N) is 4. The van der Waals surface area contributed by atoms with Gasteiger partial charge in [0, 0.05) is 37.8 Å². The van der Waals surface area contributed by atoms with E-state index >= 15 is 0 Å². The van der Waals surface area contributed by atoms with Crippen LogP contribution in [0, 0.1) is 6.92 Å². The van der Waals surface area contributed by atoms with Crippen LogP contribution in [0.3, 0.4) is 0 Å². The Morgan fingerprint density at radius 3 is 2.56 bits per heavy atom. The lowest BCUT2D eigenvalue weighted by Crippen LogP contribution is -2.35. The number of alkyl halides is 3. The molecule has 1 aromatic carbocycles. The number of aromatic nitrogens is 4. The minimum absolute atomic E-state index is 0.105. The van der Waals surface area contributed by atoms with Gasteiger partial charge in [-0.2, -0.15) is 23.4 Å². The van der Waals surface area contributed by atoms with Crippen molar-refractivity contribution in [3.8, 4) is 11.5 Å². The summed E-state index contributed by atoms with van der Waals surface area (Å²) < 4.78 is 54.8. The highest BCUT2D eigenvalue weighted by Crippen LogP contribution is 2.44. The summed E-state index contributed by atoms with van der Waals surface area (Å²) in [6.45, 7) is 1.99. The van der Waals surface area contributed by atoms with Crippen molar-refractivity contribution in [2.24, 2.45) is 7.05 Å². The number of hydrogen-bond donors (Lipinski definition) is 2. The number of rotatable bonds is 6. The van der Waals surface area contributed by atoms with Crippen LogP contribution in [0.15, 0.2) is 30.5 Å². The standard InChI is InChI=1S/C22H25F3N6O3/c1-12-14(11-30(2)28-12)10-26-21(32)16-9-20-27-15(8-19(22(23,24)25)31(20)29-16)13-5-6-17(33-3)18(7-13)34-4/h5-7,9,11,15,19,27H,8,10H2,1-4H3,(H,26,32). The fraction of sp³-hybridized carbons (Fsp3) is 0.409. The van der Waals surface area contributed by atoms with Gasteiger partial charge >= 0.3 is 6.18 Å². The van der Waals surface area contributed by atoms with Crippen molar-refractivity contribution in [1.82, 2.24) is 24.9 Å². The highest BCUT2D eigenvalue weighted by molar-refractivity contribution is 5.93. The Morgan fingerprint density at radius 1 is 1.21 bits per heavy atom. The maximum absolute atomic E-state index is 14.0. The van der Waals surface area contributed by atoms with Gasteiger partial charge in [-0.25, -0.2) is 4.68 Å². The summed E-state index contributed by atoms with van der Waals surface area (Å²) in [4.78, 5) is 12.7. The number of hydrogen-bond acceptors (Lipinski definition) is 6. The molecule has 0 saturated carbocycles. The molecule has 9 nitrogen and oxygen atoms in total. The summed E-state index contributed by atoms with van der Waals surface area (Å²) in [5.74, 6) is 0.420. The molecular formula is C22H25F3N6O3. The van der Waals surface area contributed by atoms with Gasteiger partial charge in [0.05, 0.1) is 26.0 Å². The zero-order valence-electron chi connectivity index (χ0n) is 19.1. The lowest BCUT2D eigenvalue weighted by Gasteiger charge is -2.33. The van der Waals surface area contributed by atoms with E-state index in [1.54, 1.807) is 36.1 Å². The van der Waals surface area contributed by atoms with E-state index in [1.807, 2.05) is 6.92 Å². The van der Waals surface area contributed by atoms with Crippen molar-refractivity contribution in [1.29, 1.82) is 0 Å². The van der Waals surface area contributed by atoms with E-state index in [0.29, 0.717) is 17.1 Å². The van der Waals surface area contributed by atoms with Gasteiger partial charge in [-0.1, -0.05) is 6.07 Å². The molecule has 182 valence electrons. The van der Waals surface area contributed by atoms with Crippen LogP contribution in [0.5, 0.6) is 11.5 Å². The first-order valence-corrected chi connectivity index (χ1v) is 10.5. The van der Waals surface area contributed by atoms with Crippen LogP contribution in [0.2, 0.25) is 0 Å². The monoisotopic (exact) mass is 478 g/mol. The lowest BCUT2D eigenvalue weighted by atomic mass is 9.96. The van der Waals surface area contributed by atoms with Gasteiger partial charge in [0.25, 0.3) is 5.91 Å². The third kappa shape index (κ3) is 4.52. The van der Waals surface area contributed by atoms with Gasteiger partial charge in [-0.15, -0.1) is 0 Å². The number of aryl methyl sites for hydroxylation is 2. The van der Waals surface area contributed by atoms with E-state index in [9.17, 15) is 18.0 Å². The fourth-order valence-corrected chi connectivity index (χ4v) is 4.06. The molecule has 2 unspecified atom stereocenters. The molecule has 1 aliphatic rings. The molecule has 1 aliphatic heterocycles. The van der Waals surface area contributed by atoms with Gasteiger partial charge in [0.1, 0.15) is 5.82 Å². The van der Waals surface area contributed by atoms with E-state index in [4.69, 9.17) is 9.47 Å². The molecule has 0 bridgehead atoms. The van der Waals surface area contributed by atoms with Crippen LogP contribution in [0.4, 0.5) is 19.0 Å². The van der Waals surface area contributed by atoms with Crippen molar-refractivity contribution in [3.05, 3.63) is 53.0 Å². The number of fused-ring (bicyclic) bond motifs is 1. The average Bonchev–Trinajstić information content (AvgIpc) is 3.37. The second-order valence-electron chi connectivity index (χ2n) is 8.06. The Bertz CT molecular complexity index is 1200. The van der Waals surface area contributed by atoms with Gasteiger partial charge in [-0.3, -0.25) is 9.48 Å². The number of benzene rings is 1.